The standard InChI is InChI=1S/C24H25F4N3O2.C15H19F3O3/c1-12-6-7-15-19(20(12)33-5)22(3,4)11-23(32,24(26,27)28)21(15)31-18-9-14(25)8-17-16(18)10-29-13(2)30-17;1-10-6-5-7-11(12(10)21-4)13(2,3)8-14(20,9-19)15(16,17)18/h6-10,21,31-32H,11H2,1-5H3;5-7,9,20H,8H2,1-4H3. The van der Waals surface area contributed by atoms with Gasteiger partial charge in [0, 0.05) is 40.9 Å². The van der Waals surface area contributed by atoms with Gasteiger partial charge < -0.3 is 25.0 Å². The SMILES string of the molecule is COc1c(C)ccc2c1C(C)(C)CC(O)(C(F)(F)F)C2Nc1cc(F)cc2nc(C)ncc12.COc1c(C)cccc1C(C)(C)CC(O)(C=O)C(F)(F)F. The lowest BCUT2D eigenvalue weighted by molar-refractivity contribution is -0.275. The molecule has 0 fully saturated rings. The summed E-state index contributed by atoms with van der Waals surface area (Å²) in [6.45, 7) is 11.6. The molecule has 4 aromatic rings. The maximum absolute atomic E-state index is 14.4. The average molecular weight is 768 g/mol. The minimum Gasteiger partial charge on any atom is -0.496 e. The van der Waals surface area contributed by atoms with Gasteiger partial charge in [-0.15, -0.1) is 0 Å². The highest BCUT2D eigenvalue weighted by molar-refractivity contribution is 5.91. The Balaban J connectivity index is 0.000000268. The number of para-hydroxylation sites is 1. The fourth-order valence-corrected chi connectivity index (χ4v) is 7.39. The largest absolute Gasteiger partial charge is 0.496 e. The molecule has 5 rings (SSSR count). The molecule has 0 saturated heterocycles. The molecule has 54 heavy (non-hydrogen) atoms. The molecule has 0 spiro atoms. The van der Waals surface area contributed by atoms with E-state index in [-0.39, 0.29) is 16.8 Å². The van der Waals surface area contributed by atoms with E-state index < -0.39 is 65.4 Å². The quantitative estimate of drug-likeness (QED) is 0.121. The number of aliphatic hydroxyl groups is 2. The second-order valence-electron chi connectivity index (χ2n) is 15.0. The number of hydrogen-bond acceptors (Lipinski definition) is 8. The predicted molar refractivity (Wildman–Crippen MR) is 189 cm³/mol. The van der Waals surface area contributed by atoms with Crippen LogP contribution in [0, 0.1) is 26.6 Å². The van der Waals surface area contributed by atoms with Gasteiger partial charge in [0.05, 0.1) is 25.8 Å². The van der Waals surface area contributed by atoms with Gasteiger partial charge in [-0.25, -0.2) is 14.4 Å². The summed E-state index contributed by atoms with van der Waals surface area (Å²) in [5.74, 6) is 0.654. The Morgan fingerprint density at radius 2 is 1.57 bits per heavy atom. The van der Waals surface area contributed by atoms with Crippen molar-refractivity contribution in [2.75, 3.05) is 19.5 Å². The maximum Gasteiger partial charge on any atom is 0.424 e. The lowest BCUT2D eigenvalue weighted by Crippen LogP contribution is -2.58. The predicted octanol–water partition coefficient (Wildman–Crippen LogP) is 8.69. The molecule has 1 aromatic heterocycles. The Hall–Kier alpha value is -4.50. The molecule has 3 N–H and O–H groups in total. The summed E-state index contributed by atoms with van der Waals surface area (Å²) in [6, 6.07) is 8.97. The minimum absolute atomic E-state index is 0.0582. The summed E-state index contributed by atoms with van der Waals surface area (Å²) in [7, 11) is 2.89. The molecule has 0 saturated carbocycles. The number of benzene rings is 3. The van der Waals surface area contributed by atoms with Gasteiger partial charge in [0.1, 0.15) is 23.1 Å². The van der Waals surface area contributed by atoms with Crippen LogP contribution in [-0.2, 0) is 15.6 Å². The van der Waals surface area contributed by atoms with E-state index in [4.69, 9.17) is 9.47 Å². The summed E-state index contributed by atoms with van der Waals surface area (Å²) in [6.07, 6.45) is -10.4. The van der Waals surface area contributed by atoms with Gasteiger partial charge in [-0.05, 0) is 60.8 Å². The molecule has 0 radical (unpaired) electrons. The van der Waals surface area contributed by atoms with Crippen LogP contribution in [0.5, 0.6) is 11.5 Å². The van der Waals surface area contributed by atoms with Gasteiger partial charge in [0.2, 0.25) is 5.60 Å². The zero-order valence-electron chi connectivity index (χ0n) is 31.3. The molecule has 1 aliphatic carbocycles. The van der Waals surface area contributed by atoms with E-state index in [2.05, 4.69) is 15.3 Å². The number of alkyl halides is 6. The lowest BCUT2D eigenvalue weighted by atomic mass is 9.63. The number of rotatable bonds is 8. The molecular formula is C39H44F7N3O5. The number of anilines is 1. The van der Waals surface area contributed by atoms with Crippen molar-refractivity contribution < 1.29 is 55.2 Å². The number of nitrogens with one attached hydrogen (secondary N) is 1. The van der Waals surface area contributed by atoms with E-state index in [1.54, 1.807) is 58.0 Å². The first kappa shape index (κ1) is 42.2. The molecule has 1 aliphatic rings. The molecular weight excluding hydrogens is 723 g/mol. The van der Waals surface area contributed by atoms with Gasteiger partial charge in [-0.2, -0.15) is 26.3 Å². The fraction of sp³-hybridized carbons (Fsp3) is 0.462. The van der Waals surface area contributed by atoms with Crippen molar-refractivity contribution in [2.24, 2.45) is 0 Å². The molecule has 1 heterocycles. The van der Waals surface area contributed by atoms with Gasteiger partial charge >= 0.3 is 12.4 Å². The van der Waals surface area contributed by atoms with Crippen molar-refractivity contribution in [1.82, 2.24) is 9.97 Å². The van der Waals surface area contributed by atoms with Crippen molar-refractivity contribution in [1.29, 1.82) is 0 Å². The first-order valence-corrected chi connectivity index (χ1v) is 16.8. The number of ether oxygens (including phenoxy) is 2. The summed E-state index contributed by atoms with van der Waals surface area (Å²) >= 11 is 0. The van der Waals surface area contributed by atoms with Crippen LogP contribution in [0.2, 0.25) is 0 Å². The van der Waals surface area contributed by atoms with Crippen LogP contribution < -0.4 is 14.8 Å². The highest BCUT2D eigenvalue weighted by Crippen LogP contribution is 2.57. The van der Waals surface area contributed by atoms with Gasteiger partial charge in [-0.3, -0.25) is 4.79 Å². The summed E-state index contributed by atoms with van der Waals surface area (Å²) in [4.78, 5) is 19.1. The molecule has 3 unspecified atom stereocenters. The third-order valence-corrected chi connectivity index (χ3v) is 9.89. The zero-order chi connectivity index (χ0) is 40.8. The zero-order valence-corrected chi connectivity index (χ0v) is 31.3. The lowest BCUT2D eigenvalue weighted by Gasteiger charge is -2.49. The number of nitrogens with zero attached hydrogens (tertiary/aromatic N) is 2. The number of fused-ring (bicyclic) bond motifs is 2. The van der Waals surface area contributed by atoms with Crippen molar-refractivity contribution in [2.45, 2.75) is 102 Å². The Bertz CT molecular complexity index is 2030. The third kappa shape index (κ3) is 7.83. The Morgan fingerprint density at radius 3 is 2.13 bits per heavy atom. The first-order chi connectivity index (χ1) is 24.8. The summed E-state index contributed by atoms with van der Waals surface area (Å²) in [5, 5.41) is 24.0. The summed E-state index contributed by atoms with van der Waals surface area (Å²) in [5.41, 5.74) is -5.52. The molecule has 8 nitrogen and oxygen atoms in total. The molecule has 15 heteroatoms. The topological polar surface area (TPSA) is 114 Å². The van der Waals surface area contributed by atoms with Crippen LogP contribution in [0.3, 0.4) is 0 Å². The van der Waals surface area contributed by atoms with Gasteiger partial charge in [-0.1, -0.05) is 58.0 Å². The number of halogens is 7. The normalized spacial score (nSPS) is 19.6. The van der Waals surface area contributed by atoms with Crippen molar-refractivity contribution in [3.63, 3.8) is 0 Å². The minimum atomic E-state index is -5.02. The molecule has 3 atom stereocenters. The van der Waals surface area contributed by atoms with Crippen LogP contribution in [0.25, 0.3) is 10.9 Å². The van der Waals surface area contributed by atoms with E-state index in [1.807, 2.05) is 6.92 Å². The number of aromatic nitrogens is 2. The molecule has 0 amide bonds. The second kappa shape index (κ2) is 14.6. The first-order valence-electron chi connectivity index (χ1n) is 16.8. The fourth-order valence-electron chi connectivity index (χ4n) is 7.39. The van der Waals surface area contributed by atoms with Crippen molar-refractivity contribution in [3.05, 3.63) is 88.1 Å². The number of aryl methyl sites for hydroxylation is 3. The summed E-state index contributed by atoms with van der Waals surface area (Å²) < 4.78 is 107. The number of methoxy groups -OCH3 is 2. The number of hydrogen-bond donors (Lipinski definition) is 3. The van der Waals surface area contributed by atoms with Crippen LogP contribution in [0.4, 0.5) is 36.4 Å². The van der Waals surface area contributed by atoms with Crippen LogP contribution in [0.15, 0.2) is 48.7 Å². The van der Waals surface area contributed by atoms with Gasteiger partial charge in [0.15, 0.2) is 11.9 Å². The van der Waals surface area contributed by atoms with E-state index in [0.717, 1.165) is 17.2 Å². The average Bonchev–Trinajstić information content (AvgIpc) is 3.05. The monoisotopic (exact) mass is 767 g/mol. The molecule has 294 valence electrons. The highest BCUT2D eigenvalue weighted by atomic mass is 19.4. The van der Waals surface area contributed by atoms with E-state index in [9.17, 15) is 45.7 Å². The Labute approximate surface area is 308 Å². The van der Waals surface area contributed by atoms with E-state index in [0.29, 0.717) is 33.8 Å². The Morgan fingerprint density at radius 1 is 0.963 bits per heavy atom. The maximum atomic E-state index is 14.4. The second-order valence-corrected chi connectivity index (χ2v) is 15.0. The Kier molecular flexibility index (Phi) is 11.4. The third-order valence-electron chi connectivity index (χ3n) is 9.89. The number of aldehydes is 1. The van der Waals surface area contributed by atoms with E-state index >= 15 is 0 Å². The van der Waals surface area contributed by atoms with Crippen molar-refractivity contribution in [3.8, 4) is 11.5 Å². The highest BCUT2D eigenvalue weighted by Gasteiger charge is 2.64. The van der Waals surface area contributed by atoms with E-state index in [1.165, 1.54) is 40.3 Å². The molecule has 0 aliphatic heterocycles. The van der Waals surface area contributed by atoms with Crippen LogP contribution >= 0.6 is 0 Å². The number of carbonyl (C=O) groups is 1. The molecule has 0 bridgehead atoms. The number of carbonyl (C=O) groups excluding carboxylic acids is 1. The van der Waals surface area contributed by atoms with Crippen LogP contribution in [0.1, 0.15) is 80.2 Å². The van der Waals surface area contributed by atoms with Gasteiger partial charge in [0.25, 0.3) is 0 Å². The smallest absolute Gasteiger partial charge is 0.424 e. The molecule has 3 aromatic carbocycles. The van der Waals surface area contributed by atoms with Crippen LogP contribution in [-0.4, -0.2) is 64.2 Å². The van der Waals surface area contributed by atoms with Crippen molar-refractivity contribution >= 4 is 22.9 Å².